The molecule has 236 valence electrons. The molecule has 0 heterocycles. The van der Waals surface area contributed by atoms with Gasteiger partial charge in [-0.3, -0.25) is 14.2 Å². The number of aliphatic hydroxyl groups is 1. The Kier molecular flexibility index (Phi) is 9.22. The van der Waals surface area contributed by atoms with Crippen LogP contribution < -0.4 is 0 Å². The van der Waals surface area contributed by atoms with Crippen molar-refractivity contribution in [3.05, 3.63) is 0 Å². The van der Waals surface area contributed by atoms with Gasteiger partial charge in [0.1, 0.15) is 6.61 Å². The molecule has 0 aromatic carbocycles. The van der Waals surface area contributed by atoms with Crippen LogP contribution in [0.3, 0.4) is 0 Å². The van der Waals surface area contributed by atoms with E-state index in [1.165, 1.54) is 0 Å². The molecule has 4 nitrogen and oxygen atoms in total. The molecular weight excluding hydrogens is 645 g/mol. The highest BCUT2D eigenvalue weighted by molar-refractivity contribution is 4.97. The van der Waals surface area contributed by atoms with Crippen molar-refractivity contribution in [1.82, 2.24) is 0 Å². The third-order valence-corrected chi connectivity index (χ3v) is 3.65. The molecule has 39 heavy (non-hydrogen) atoms. The number of alkyl halides is 23. The molecule has 0 bridgehead atoms. The summed E-state index contributed by atoms with van der Waals surface area (Å²) in [6, 6.07) is 0. The average molecular weight is 648 g/mol. The average Bonchev–Trinajstić information content (AvgIpc) is 2.62. The molecule has 0 saturated heterocycles. The zero-order chi connectivity index (χ0) is 32.3. The minimum absolute atomic E-state index is 1.01. The Morgan fingerprint density at radius 1 is 0.359 bits per heavy atom. The van der Waals surface area contributed by atoms with Crippen LogP contribution in [0.4, 0.5) is 101 Å². The van der Waals surface area contributed by atoms with Crippen LogP contribution in [0.2, 0.25) is 0 Å². The van der Waals surface area contributed by atoms with Gasteiger partial charge in [0.25, 0.3) is 0 Å². The summed E-state index contributed by atoms with van der Waals surface area (Å²) in [6.07, 6.45) is -56.9. The predicted octanol–water partition coefficient (Wildman–Crippen LogP) is 6.69. The van der Waals surface area contributed by atoms with E-state index in [1.807, 2.05) is 0 Å². The Morgan fingerprint density at radius 2 is 0.641 bits per heavy atom. The highest BCUT2D eigenvalue weighted by Crippen LogP contribution is 2.59. The van der Waals surface area contributed by atoms with Gasteiger partial charge >= 0.3 is 66.5 Å². The van der Waals surface area contributed by atoms with Crippen LogP contribution in [0.15, 0.2) is 0 Å². The second-order valence-electron chi connectivity index (χ2n) is 6.50. The van der Waals surface area contributed by atoms with Crippen LogP contribution in [-0.2, 0) is 14.2 Å². The van der Waals surface area contributed by atoms with Gasteiger partial charge in [0, 0.05) is 0 Å². The number of aliphatic hydroxyl groups excluding tert-OH is 1. The maximum Gasteiger partial charge on any atom is 0.462 e. The van der Waals surface area contributed by atoms with Crippen LogP contribution in [0.25, 0.3) is 0 Å². The molecule has 0 aliphatic rings. The molecule has 1 N–H and O–H groups in total. The molecule has 0 radical (unpaired) electrons. The molecule has 3 atom stereocenters. The molecule has 0 aromatic heterocycles. The van der Waals surface area contributed by atoms with Crippen LogP contribution >= 0.6 is 0 Å². The minimum Gasteiger partial charge on any atom is -0.390 e. The van der Waals surface area contributed by atoms with Gasteiger partial charge in [0.05, 0.1) is 0 Å². The van der Waals surface area contributed by atoms with E-state index in [0.29, 0.717) is 0 Å². The fraction of sp³-hybridized carbons (Fsp3) is 1.00. The van der Waals surface area contributed by atoms with Crippen LogP contribution in [0.1, 0.15) is 0 Å². The van der Waals surface area contributed by atoms with E-state index in [1.54, 1.807) is 4.74 Å². The maximum absolute atomic E-state index is 14.0. The second-order valence-corrected chi connectivity index (χ2v) is 6.50. The van der Waals surface area contributed by atoms with E-state index in [-0.39, 0.29) is 0 Å². The molecule has 3 unspecified atom stereocenters. The summed E-state index contributed by atoms with van der Waals surface area (Å²) in [5, 5.41) is 8.07. The fourth-order valence-electron chi connectivity index (χ4n) is 1.66. The zero-order valence-corrected chi connectivity index (χ0v) is 16.6. The van der Waals surface area contributed by atoms with E-state index >= 15 is 0 Å². The Morgan fingerprint density at radius 3 is 0.872 bits per heavy atom. The van der Waals surface area contributed by atoms with Gasteiger partial charge in [0.15, 0.2) is 0 Å². The third-order valence-electron chi connectivity index (χ3n) is 3.65. The Labute approximate surface area is 195 Å². The summed E-state index contributed by atoms with van der Waals surface area (Å²) in [5.41, 5.74) is 0. The summed E-state index contributed by atoms with van der Waals surface area (Å²) < 4.78 is 300. The van der Waals surface area contributed by atoms with Crippen LogP contribution in [-0.4, -0.2) is 78.2 Å². The van der Waals surface area contributed by atoms with Crippen molar-refractivity contribution >= 4 is 0 Å². The summed E-state index contributed by atoms with van der Waals surface area (Å²) in [7, 11) is 0. The first-order valence-electron chi connectivity index (χ1n) is 7.99. The summed E-state index contributed by atoms with van der Waals surface area (Å²) in [5.74, 6) is -31.9. The smallest absolute Gasteiger partial charge is 0.390 e. The fourth-order valence-corrected chi connectivity index (χ4v) is 1.66. The monoisotopic (exact) mass is 648 g/mol. The van der Waals surface area contributed by atoms with Gasteiger partial charge in [-0.25, -0.2) is 0 Å². The van der Waals surface area contributed by atoms with Gasteiger partial charge < -0.3 is 5.11 Å². The number of halogens is 23. The van der Waals surface area contributed by atoms with Crippen molar-refractivity contribution in [2.75, 3.05) is 6.61 Å². The molecule has 0 amide bonds. The standard InChI is InChI=1S/C12H3F23O4/c13-2(1-36,6(18,19)20)37-11(32,33)4(16,8(24,25)26)39-12(34,35)5(17,9(27,28)29)38-10(30,31)3(14,15)7(21,22)23/h36H,1H2. The Hall–Kier alpha value is -1.77. The van der Waals surface area contributed by atoms with Crippen molar-refractivity contribution in [3.8, 4) is 0 Å². The highest BCUT2D eigenvalue weighted by Gasteiger charge is 2.88. The zero-order valence-electron chi connectivity index (χ0n) is 16.6. The first kappa shape index (κ1) is 37.2. The second kappa shape index (κ2) is 9.66. The van der Waals surface area contributed by atoms with Crippen molar-refractivity contribution < 1.29 is 120 Å². The topological polar surface area (TPSA) is 47.9 Å². The molecule has 0 spiro atoms. The molecule has 27 heteroatoms. The highest BCUT2D eigenvalue weighted by atomic mass is 19.4. The van der Waals surface area contributed by atoms with E-state index in [0.717, 1.165) is 9.47 Å². The summed E-state index contributed by atoms with van der Waals surface area (Å²) in [6.45, 7) is -3.62. The lowest BCUT2D eigenvalue weighted by Gasteiger charge is -2.42. The number of ether oxygens (including phenoxy) is 3. The van der Waals surface area contributed by atoms with Gasteiger partial charge in [-0.05, 0) is 0 Å². The van der Waals surface area contributed by atoms with Gasteiger partial charge in [-0.15, -0.1) is 0 Å². The van der Waals surface area contributed by atoms with E-state index in [4.69, 9.17) is 5.11 Å². The van der Waals surface area contributed by atoms with Gasteiger partial charge in [-0.2, -0.15) is 101 Å². The number of hydrogen-bond donors (Lipinski definition) is 1. The minimum atomic E-state index is -8.68. The van der Waals surface area contributed by atoms with Crippen molar-refractivity contribution in [2.24, 2.45) is 0 Å². The Bertz CT molecular complexity index is 855. The molecule has 0 saturated carbocycles. The summed E-state index contributed by atoms with van der Waals surface area (Å²) >= 11 is 0. The molecular formula is C12H3F23O4. The van der Waals surface area contributed by atoms with Crippen molar-refractivity contribution in [2.45, 2.75) is 66.5 Å². The Balaban J connectivity index is 7.14. The number of rotatable bonds is 10. The molecule has 0 aliphatic heterocycles. The quantitative estimate of drug-likeness (QED) is 0.269. The van der Waals surface area contributed by atoms with Crippen LogP contribution in [0, 0.1) is 0 Å². The van der Waals surface area contributed by atoms with E-state index in [9.17, 15) is 101 Å². The van der Waals surface area contributed by atoms with Crippen molar-refractivity contribution in [1.29, 1.82) is 0 Å². The molecule has 0 aromatic rings. The van der Waals surface area contributed by atoms with Gasteiger partial charge in [0.2, 0.25) is 0 Å². The molecule has 0 rings (SSSR count). The van der Waals surface area contributed by atoms with Crippen molar-refractivity contribution in [3.63, 3.8) is 0 Å². The third kappa shape index (κ3) is 6.28. The predicted molar refractivity (Wildman–Crippen MR) is 65.9 cm³/mol. The maximum atomic E-state index is 14.0. The molecule has 0 fully saturated rings. The summed E-state index contributed by atoms with van der Waals surface area (Å²) in [4.78, 5) is 0. The lowest BCUT2D eigenvalue weighted by molar-refractivity contribution is -0.579. The number of hydrogen-bond acceptors (Lipinski definition) is 4. The lowest BCUT2D eigenvalue weighted by atomic mass is 10.2. The van der Waals surface area contributed by atoms with E-state index in [2.05, 4.69) is 0 Å². The SMILES string of the molecule is OCC(F)(OC(F)(F)C(F)(OC(F)(F)C(F)(OC(F)(F)C(F)(F)C(F)(F)F)C(F)(F)F)C(F)(F)F)C(F)(F)F. The van der Waals surface area contributed by atoms with E-state index < -0.39 is 73.1 Å². The van der Waals surface area contributed by atoms with Crippen LogP contribution in [0.5, 0.6) is 0 Å². The van der Waals surface area contributed by atoms with Gasteiger partial charge in [-0.1, -0.05) is 0 Å². The first-order valence-corrected chi connectivity index (χ1v) is 7.99. The first-order chi connectivity index (χ1) is 16.4. The normalized spacial score (nSPS) is 20.3. The molecule has 0 aliphatic carbocycles. The lowest BCUT2D eigenvalue weighted by Crippen LogP contribution is -2.70. The largest absolute Gasteiger partial charge is 0.462 e.